The zero-order valence-electron chi connectivity index (χ0n) is 12.8. The van der Waals surface area contributed by atoms with Gasteiger partial charge in [0.05, 0.1) is 0 Å². The van der Waals surface area contributed by atoms with Crippen LogP contribution in [0.2, 0.25) is 0 Å². The minimum Gasteiger partial charge on any atom is -0.454 e. The minimum absolute atomic E-state index is 0.136. The van der Waals surface area contributed by atoms with E-state index in [0.717, 1.165) is 0 Å². The molecule has 0 radical (unpaired) electrons. The highest BCUT2D eigenvalue weighted by molar-refractivity contribution is 5.96. The first-order valence-electron chi connectivity index (χ1n) is 7.26. The summed E-state index contributed by atoms with van der Waals surface area (Å²) in [7, 11) is 0. The first-order valence-corrected chi connectivity index (χ1v) is 7.26. The first-order chi connectivity index (χ1) is 11.9. The average molecular weight is 387 g/mol. The SMILES string of the molecule is O=C(N[C@H]1CC[C@H](C(F)(F)C(F)(F)C(F)(F)F)OC1=O)c1ccccc1. The van der Waals surface area contributed by atoms with Crippen LogP contribution in [0.25, 0.3) is 0 Å². The molecule has 0 bridgehead atoms. The van der Waals surface area contributed by atoms with Crippen LogP contribution in [0, 0.1) is 0 Å². The van der Waals surface area contributed by atoms with Gasteiger partial charge < -0.3 is 10.1 Å². The van der Waals surface area contributed by atoms with Crippen LogP contribution in [0.3, 0.4) is 0 Å². The van der Waals surface area contributed by atoms with Gasteiger partial charge in [0, 0.05) is 5.56 Å². The number of cyclic esters (lactones) is 1. The van der Waals surface area contributed by atoms with E-state index in [1.54, 1.807) is 6.07 Å². The van der Waals surface area contributed by atoms with Gasteiger partial charge in [-0.2, -0.15) is 30.7 Å². The number of nitrogens with one attached hydrogen (secondary N) is 1. The summed E-state index contributed by atoms with van der Waals surface area (Å²) in [5, 5.41) is 2.16. The molecule has 1 aromatic rings. The van der Waals surface area contributed by atoms with E-state index in [9.17, 15) is 40.3 Å². The third kappa shape index (κ3) is 3.61. The van der Waals surface area contributed by atoms with E-state index in [1.807, 2.05) is 0 Å². The van der Waals surface area contributed by atoms with Gasteiger partial charge in [-0.3, -0.25) is 4.79 Å². The Labute approximate surface area is 142 Å². The third-order valence-electron chi connectivity index (χ3n) is 3.78. The van der Waals surface area contributed by atoms with E-state index in [2.05, 4.69) is 10.1 Å². The lowest BCUT2D eigenvalue weighted by Gasteiger charge is -2.37. The number of benzene rings is 1. The van der Waals surface area contributed by atoms with Crippen molar-refractivity contribution in [2.45, 2.75) is 43.0 Å². The zero-order valence-corrected chi connectivity index (χ0v) is 12.8. The number of hydrogen-bond acceptors (Lipinski definition) is 3. The standard InChI is InChI=1S/C15H12F7NO3/c16-13(17,14(18,19)15(20,21)22)10-7-6-9(12(25)26-10)23-11(24)8-4-2-1-3-5-8/h1-5,9-10H,6-7H2,(H,23,24)/t9-,10+/m0/s1. The number of ether oxygens (including phenoxy) is 1. The molecule has 1 aromatic carbocycles. The first kappa shape index (κ1) is 20.0. The van der Waals surface area contributed by atoms with E-state index >= 15 is 0 Å². The van der Waals surface area contributed by atoms with E-state index in [1.165, 1.54) is 24.3 Å². The molecule has 0 spiro atoms. The largest absolute Gasteiger partial charge is 0.460 e. The highest BCUT2D eigenvalue weighted by Gasteiger charge is 2.76. The number of esters is 1. The van der Waals surface area contributed by atoms with E-state index in [-0.39, 0.29) is 5.56 Å². The minimum atomic E-state index is -6.51. The van der Waals surface area contributed by atoms with Crippen LogP contribution in [0.5, 0.6) is 0 Å². The molecule has 0 unspecified atom stereocenters. The summed E-state index contributed by atoms with van der Waals surface area (Å²) in [5.41, 5.74) is 0.136. The maximum absolute atomic E-state index is 13.6. The summed E-state index contributed by atoms with van der Waals surface area (Å²) in [6.07, 6.45) is -11.0. The molecule has 144 valence electrons. The lowest BCUT2D eigenvalue weighted by atomic mass is 9.95. The maximum Gasteiger partial charge on any atom is 0.460 e. The Kier molecular flexibility index (Phi) is 5.20. The number of carbonyl (C=O) groups is 2. The molecule has 0 aliphatic carbocycles. The Morgan fingerprint density at radius 2 is 1.58 bits per heavy atom. The lowest BCUT2D eigenvalue weighted by molar-refractivity contribution is -0.372. The Morgan fingerprint density at radius 1 is 1.00 bits per heavy atom. The average Bonchev–Trinajstić information content (AvgIpc) is 2.56. The summed E-state index contributed by atoms with van der Waals surface area (Å²) >= 11 is 0. The molecular formula is C15H12F7NO3. The Hall–Kier alpha value is -2.33. The van der Waals surface area contributed by atoms with Crippen molar-refractivity contribution in [2.75, 3.05) is 0 Å². The van der Waals surface area contributed by atoms with Crippen LogP contribution < -0.4 is 5.32 Å². The highest BCUT2D eigenvalue weighted by atomic mass is 19.4. The summed E-state index contributed by atoms with van der Waals surface area (Å²) in [4.78, 5) is 23.6. The second-order valence-electron chi connectivity index (χ2n) is 5.59. The predicted octanol–water partition coefficient (Wildman–Crippen LogP) is 3.32. The smallest absolute Gasteiger partial charge is 0.454 e. The quantitative estimate of drug-likeness (QED) is 0.637. The van der Waals surface area contributed by atoms with Gasteiger partial charge in [0.15, 0.2) is 6.10 Å². The van der Waals surface area contributed by atoms with Crippen molar-refractivity contribution in [3.63, 3.8) is 0 Å². The number of halogens is 7. The molecule has 26 heavy (non-hydrogen) atoms. The molecule has 1 heterocycles. The van der Waals surface area contributed by atoms with Gasteiger partial charge in [0.25, 0.3) is 5.91 Å². The topological polar surface area (TPSA) is 55.4 Å². The number of rotatable bonds is 4. The lowest BCUT2D eigenvalue weighted by Crippen LogP contribution is -2.61. The molecule has 1 aliphatic rings. The summed E-state index contributed by atoms with van der Waals surface area (Å²) in [5.74, 6) is -14.3. The Balaban J connectivity index is 2.06. The fraction of sp³-hybridized carbons (Fsp3) is 0.467. The molecule has 1 saturated heterocycles. The molecule has 0 saturated carbocycles. The molecule has 11 heteroatoms. The molecule has 2 atom stereocenters. The third-order valence-corrected chi connectivity index (χ3v) is 3.78. The van der Waals surface area contributed by atoms with Crippen LogP contribution in [0.15, 0.2) is 30.3 Å². The molecule has 4 nitrogen and oxygen atoms in total. The number of hydrogen-bond donors (Lipinski definition) is 1. The summed E-state index contributed by atoms with van der Waals surface area (Å²) in [6.45, 7) is 0. The van der Waals surface area contributed by atoms with Gasteiger partial charge in [-0.15, -0.1) is 0 Å². The van der Waals surface area contributed by atoms with E-state index < -0.39 is 54.9 Å². The zero-order chi connectivity index (χ0) is 19.8. The molecule has 1 N–H and O–H groups in total. The van der Waals surface area contributed by atoms with Crippen molar-refractivity contribution >= 4 is 11.9 Å². The van der Waals surface area contributed by atoms with Crippen molar-refractivity contribution in [3.05, 3.63) is 35.9 Å². The molecule has 1 fully saturated rings. The summed E-state index contributed by atoms with van der Waals surface area (Å²) in [6, 6.07) is 6.00. The van der Waals surface area contributed by atoms with Gasteiger partial charge >= 0.3 is 24.0 Å². The summed E-state index contributed by atoms with van der Waals surface area (Å²) < 4.78 is 93.8. The van der Waals surface area contributed by atoms with Gasteiger partial charge in [-0.1, -0.05) is 18.2 Å². The molecule has 0 aromatic heterocycles. The molecular weight excluding hydrogens is 375 g/mol. The van der Waals surface area contributed by atoms with E-state index in [0.29, 0.717) is 0 Å². The second kappa shape index (κ2) is 6.76. The van der Waals surface area contributed by atoms with Gasteiger partial charge in [-0.25, -0.2) is 4.79 Å². The monoisotopic (exact) mass is 387 g/mol. The van der Waals surface area contributed by atoms with Gasteiger partial charge in [-0.05, 0) is 25.0 Å². The molecule has 2 rings (SSSR count). The molecule has 1 aliphatic heterocycles. The van der Waals surface area contributed by atoms with Gasteiger partial charge in [0.1, 0.15) is 6.04 Å². The number of alkyl halides is 7. The Morgan fingerprint density at radius 3 is 2.08 bits per heavy atom. The van der Waals surface area contributed by atoms with Crippen LogP contribution in [0.1, 0.15) is 23.2 Å². The predicted molar refractivity (Wildman–Crippen MR) is 72.8 cm³/mol. The van der Waals surface area contributed by atoms with Crippen LogP contribution in [-0.4, -0.2) is 42.0 Å². The van der Waals surface area contributed by atoms with Gasteiger partial charge in [0.2, 0.25) is 0 Å². The van der Waals surface area contributed by atoms with Crippen molar-refractivity contribution < 1.29 is 45.1 Å². The van der Waals surface area contributed by atoms with Crippen molar-refractivity contribution in [3.8, 4) is 0 Å². The fourth-order valence-corrected chi connectivity index (χ4v) is 2.33. The normalized spacial score (nSPS) is 21.9. The maximum atomic E-state index is 13.6. The fourth-order valence-electron chi connectivity index (χ4n) is 2.33. The van der Waals surface area contributed by atoms with E-state index in [4.69, 9.17) is 0 Å². The van der Waals surface area contributed by atoms with Crippen molar-refractivity contribution in [1.29, 1.82) is 0 Å². The number of amides is 1. The van der Waals surface area contributed by atoms with Crippen molar-refractivity contribution in [2.24, 2.45) is 0 Å². The second-order valence-corrected chi connectivity index (χ2v) is 5.59. The Bertz CT molecular complexity index is 676. The number of carbonyl (C=O) groups excluding carboxylic acids is 2. The van der Waals surface area contributed by atoms with Crippen LogP contribution in [0.4, 0.5) is 30.7 Å². The van der Waals surface area contributed by atoms with Crippen LogP contribution in [-0.2, 0) is 9.53 Å². The van der Waals surface area contributed by atoms with Crippen LogP contribution >= 0.6 is 0 Å². The highest BCUT2D eigenvalue weighted by Crippen LogP contribution is 2.50. The van der Waals surface area contributed by atoms with Crippen molar-refractivity contribution in [1.82, 2.24) is 5.32 Å². The molecule has 1 amide bonds.